The lowest BCUT2D eigenvalue weighted by Crippen LogP contribution is -1.85. The molecule has 2 N–H and O–H groups in total. The molecule has 0 aliphatic heterocycles. The van der Waals surface area contributed by atoms with Crippen LogP contribution in [0.4, 0.5) is 0 Å². The molecule has 0 rings (SSSR count). The minimum atomic E-state index is -0.125. The number of aliphatic hydroxyl groups is 2. The van der Waals surface area contributed by atoms with Crippen LogP contribution in [0.3, 0.4) is 0 Å². The van der Waals surface area contributed by atoms with Gasteiger partial charge in [-0.2, -0.15) is 0 Å². The van der Waals surface area contributed by atoms with Gasteiger partial charge >= 0.3 is 0 Å². The summed E-state index contributed by atoms with van der Waals surface area (Å²) in [4.78, 5) is 0. The van der Waals surface area contributed by atoms with Crippen LogP contribution < -0.4 is 0 Å². The maximum absolute atomic E-state index is 7.62. The summed E-state index contributed by atoms with van der Waals surface area (Å²) < 4.78 is 0. The number of hydrogen-bond donors (Lipinski definition) is 2. The third kappa shape index (κ3) is 39.5. The fraction of sp³-hybridized carbons (Fsp3) is 1.00. The lowest BCUT2D eigenvalue weighted by Gasteiger charge is -1.70. The summed E-state index contributed by atoms with van der Waals surface area (Å²) in [5.74, 6) is 0. The van der Waals surface area contributed by atoms with Gasteiger partial charge in [0.05, 0.1) is 13.2 Å². The van der Waals surface area contributed by atoms with Crippen molar-refractivity contribution in [2.45, 2.75) is 14.9 Å². The van der Waals surface area contributed by atoms with Gasteiger partial charge in [0.25, 0.3) is 0 Å². The average Bonchev–Trinajstić information content (AvgIpc) is 1.37. The zero-order valence-corrected chi connectivity index (χ0v) is 2.31. The van der Waals surface area contributed by atoms with E-state index in [4.69, 9.17) is 10.2 Å². The highest BCUT2D eigenvalue weighted by molar-refractivity contribution is 4.06. The minimum Gasteiger partial charge on any atom is -0.394 e. The van der Waals surface area contributed by atoms with Gasteiger partial charge in [0.1, 0.15) is 0 Å². The van der Waals surface area contributed by atoms with Crippen molar-refractivity contribution in [3.63, 3.8) is 0 Å². The smallest absolute Gasteiger partial charge is 0.0662 e. The van der Waals surface area contributed by atoms with Crippen LogP contribution in [-0.2, 0) is 0 Å². The van der Waals surface area contributed by atoms with Crippen molar-refractivity contribution in [2.24, 2.45) is 0 Å². The van der Waals surface area contributed by atoms with E-state index in [1.54, 1.807) is 0 Å². The first kappa shape index (κ1) is 16.8. The van der Waals surface area contributed by atoms with Crippen molar-refractivity contribution < 1.29 is 10.2 Å². The Morgan fingerprint density at radius 3 is 1.00 bits per heavy atom. The standard InChI is InChI=1S/C2H6O2.2CH4/c3-1-2-4;;/h3-4H,1-2H2;2*1H4. The first-order valence-corrected chi connectivity index (χ1v) is 1.13. The van der Waals surface area contributed by atoms with E-state index in [1.807, 2.05) is 0 Å². The predicted octanol–water partition coefficient (Wildman–Crippen LogP) is 0.243. The molecule has 2 nitrogen and oxygen atoms in total. The van der Waals surface area contributed by atoms with E-state index < -0.39 is 0 Å². The summed E-state index contributed by atoms with van der Waals surface area (Å²) in [6.45, 7) is -0.250. The summed E-state index contributed by atoms with van der Waals surface area (Å²) >= 11 is 0. The van der Waals surface area contributed by atoms with Gasteiger partial charge in [-0.15, -0.1) is 0 Å². The first-order chi connectivity index (χ1) is 1.91. The SMILES string of the molecule is C.C.OCCO. The van der Waals surface area contributed by atoms with Crippen molar-refractivity contribution >= 4 is 0 Å². The van der Waals surface area contributed by atoms with Gasteiger partial charge in [-0.05, 0) is 0 Å². The Kier molecular flexibility index (Phi) is 57.4. The van der Waals surface area contributed by atoms with E-state index in [2.05, 4.69) is 0 Å². The summed E-state index contributed by atoms with van der Waals surface area (Å²) in [5, 5.41) is 15.2. The van der Waals surface area contributed by atoms with Crippen molar-refractivity contribution in [3.05, 3.63) is 0 Å². The second-order valence-corrected chi connectivity index (χ2v) is 0.447. The first-order valence-electron chi connectivity index (χ1n) is 1.13. The van der Waals surface area contributed by atoms with Gasteiger partial charge in [-0.3, -0.25) is 0 Å². The molecule has 0 aromatic carbocycles. The molecule has 0 aromatic heterocycles. The highest BCUT2D eigenvalue weighted by Gasteiger charge is 1.58. The van der Waals surface area contributed by atoms with E-state index in [1.165, 1.54) is 0 Å². The highest BCUT2D eigenvalue weighted by atomic mass is 16.3. The number of aliphatic hydroxyl groups excluding tert-OH is 2. The highest BCUT2D eigenvalue weighted by Crippen LogP contribution is 1.39. The molecule has 0 aromatic rings. The minimum absolute atomic E-state index is 0. The molecule has 0 amide bonds. The third-order valence-electron chi connectivity index (χ3n) is 0.1000. The van der Waals surface area contributed by atoms with Gasteiger partial charge in [-0.25, -0.2) is 0 Å². The molecule has 2 heteroatoms. The normalized spacial score (nSPS) is 5.00. The van der Waals surface area contributed by atoms with Crippen LogP contribution in [0.5, 0.6) is 0 Å². The fourth-order valence-corrected chi connectivity index (χ4v) is 0. The number of rotatable bonds is 1. The molecule has 0 fully saturated rings. The molecule has 0 aliphatic rings. The fourth-order valence-electron chi connectivity index (χ4n) is 0. The molecule has 0 saturated carbocycles. The molecular formula is C4H14O2. The summed E-state index contributed by atoms with van der Waals surface area (Å²) in [6, 6.07) is 0. The molecule has 6 heavy (non-hydrogen) atoms. The van der Waals surface area contributed by atoms with Crippen molar-refractivity contribution in [1.82, 2.24) is 0 Å². The van der Waals surface area contributed by atoms with E-state index in [-0.39, 0.29) is 28.1 Å². The lowest BCUT2D eigenvalue weighted by atomic mass is 10.8. The second kappa shape index (κ2) is 20.5. The summed E-state index contributed by atoms with van der Waals surface area (Å²) in [5.41, 5.74) is 0. The Morgan fingerprint density at radius 1 is 0.833 bits per heavy atom. The van der Waals surface area contributed by atoms with E-state index >= 15 is 0 Å². The van der Waals surface area contributed by atoms with Crippen LogP contribution in [0.2, 0.25) is 0 Å². The molecule has 0 bridgehead atoms. The van der Waals surface area contributed by atoms with Crippen molar-refractivity contribution in [1.29, 1.82) is 0 Å². The third-order valence-corrected chi connectivity index (χ3v) is 0.1000. The quantitative estimate of drug-likeness (QED) is 0.488. The molecule has 0 spiro atoms. The van der Waals surface area contributed by atoms with Gasteiger partial charge in [0, 0.05) is 0 Å². The zero-order chi connectivity index (χ0) is 3.41. The molecule has 0 radical (unpaired) electrons. The van der Waals surface area contributed by atoms with Crippen molar-refractivity contribution in [3.8, 4) is 0 Å². The predicted molar refractivity (Wildman–Crippen MR) is 27.6 cm³/mol. The zero-order valence-electron chi connectivity index (χ0n) is 2.31. The molecule has 0 unspecified atom stereocenters. The van der Waals surface area contributed by atoms with Gasteiger partial charge in [0.15, 0.2) is 0 Å². The van der Waals surface area contributed by atoms with E-state index in [0.717, 1.165) is 0 Å². The Bertz CT molecular complexity index is 7.51. The Balaban J connectivity index is -0.0000000450. The summed E-state index contributed by atoms with van der Waals surface area (Å²) in [6.07, 6.45) is 0. The molecule has 0 heterocycles. The van der Waals surface area contributed by atoms with Crippen molar-refractivity contribution in [2.75, 3.05) is 13.2 Å². The maximum Gasteiger partial charge on any atom is 0.0662 e. The van der Waals surface area contributed by atoms with Gasteiger partial charge in [0.2, 0.25) is 0 Å². The van der Waals surface area contributed by atoms with Crippen LogP contribution >= 0.6 is 0 Å². The lowest BCUT2D eigenvalue weighted by molar-refractivity contribution is 0.186. The average molecular weight is 94.2 g/mol. The van der Waals surface area contributed by atoms with Gasteiger partial charge < -0.3 is 10.2 Å². The van der Waals surface area contributed by atoms with E-state index in [9.17, 15) is 0 Å². The maximum atomic E-state index is 7.62. The van der Waals surface area contributed by atoms with Crippen LogP contribution in [0.25, 0.3) is 0 Å². The second-order valence-electron chi connectivity index (χ2n) is 0.447. The van der Waals surface area contributed by atoms with Crippen LogP contribution in [0.1, 0.15) is 14.9 Å². The molecule has 0 atom stereocenters. The topological polar surface area (TPSA) is 40.5 Å². The Labute approximate surface area is 39.4 Å². The van der Waals surface area contributed by atoms with E-state index in [0.29, 0.717) is 0 Å². The van der Waals surface area contributed by atoms with Gasteiger partial charge in [-0.1, -0.05) is 14.9 Å². The number of hydrogen-bond acceptors (Lipinski definition) is 2. The molecule has 0 aliphatic carbocycles. The monoisotopic (exact) mass is 94.1 g/mol. The van der Waals surface area contributed by atoms with Crippen LogP contribution in [-0.4, -0.2) is 23.4 Å². The largest absolute Gasteiger partial charge is 0.394 e. The van der Waals surface area contributed by atoms with Crippen LogP contribution in [0, 0.1) is 0 Å². The Morgan fingerprint density at radius 2 is 1.00 bits per heavy atom. The summed E-state index contributed by atoms with van der Waals surface area (Å²) in [7, 11) is 0. The van der Waals surface area contributed by atoms with Crippen LogP contribution in [0.15, 0.2) is 0 Å². The Hall–Kier alpha value is -0.0800. The molecule has 0 saturated heterocycles. The molecular weight excluding hydrogens is 80.0 g/mol. The molecule has 42 valence electrons.